The molecule has 7 heteroatoms. The van der Waals surface area contributed by atoms with Gasteiger partial charge in [-0.2, -0.15) is 0 Å². The first-order valence-electron chi connectivity index (χ1n) is 10.2. The molecular formula is C23H23N3O4. The Balaban J connectivity index is 1.50. The van der Waals surface area contributed by atoms with Crippen LogP contribution in [0.4, 0.5) is 5.69 Å². The summed E-state index contributed by atoms with van der Waals surface area (Å²) in [5.41, 5.74) is 1.30. The molecule has 1 amide bonds. The average molecular weight is 405 g/mol. The second-order valence-corrected chi connectivity index (χ2v) is 7.37. The molecule has 0 unspecified atom stereocenters. The highest BCUT2D eigenvalue weighted by Gasteiger charge is 2.16. The second-order valence-electron chi connectivity index (χ2n) is 7.37. The number of nitrogens with one attached hydrogen (secondary N) is 1. The summed E-state index contributed by atoms with van der Waals surface area (Å²) < 4.78 is 6.89. The monoisotopic (exact) mass is 405 g/mol. The van der Waals surface area contributed by atoms with Gasteiger partial charge >= 0.3 is 5.97 Å². The number of ether oxygens (including phenoxy) is 1. The van der Waals surface area contributed by atoms with Crippen molar-refractivity contribution in [1.29, 1.82) is 0 Å². The molecule has 154 valence electrons. The molecule has 0 radical (unpaired) electrons. The highest BCUT2D eigenvalue weighted by Crippen LogP contribution is 2.17. The smallest absolute Gasteiger partial charge is 0.338 e. The first-order valence-corrected chi connectivity index (χ1v) is 10.2. The van der Waals surface area contributed by atoms with Gasteiger partial charge in [-0.05, 0) is 43.2 Å². The van der Waals surface area contributed by atoms with Gasteiger partial charge in [0, 0.05) is 18.7 Å². The number of anilines is 1. The van der Waals surface area contributed by atoms with Crippen molar-refractivity contribution in [1.82, 2.24) is 9.55 Å². The number of hydrogen-bond donors (Lipinski definition) is 1. The standard InChI is InChI=1S/C23H23N3O4/c27-21(24-17-8-4-3-5-9-17)15-30-23(29)16-11-12-18-19(14-16)25-20-10-6-1-2-7-13-26(20)22(18)28/h3-5,8-9,11-12,14H,1-2,6-7,10,13,15H2,(H,24,27). The molecule has 1 aromatic heterocycles. The number of carbonyl (C=O) groups is 2. The average Bonchev–Trinajstić information content (AvgIpc) is 2.74. The van der Waals surface area contributed by atoms with Crippen LogP contribution >= 0.6 is 0 Å². The lowest BCUT2D eigenvalue weighted by Gasteiger charge is -2.16. The minimum Gasteiger partial charge on any atom is -0.452 e. The maximum atomic E-state index is 12.9. The van der Waals surface area contributed by atoms with Crippen LogP contribution in [-0.2, 0) is 22.5 Å². The van der Waals surface area contributed by atoms with Crippen molar-refractivity contribution in [2.24, 2.45) is 0 Å². The van der Waals surface area contributed by atoms with E-state index in [1.165, 1.54) is 0 Å². The van der Waals surface area contributed by atoms with Gasteiger partial charge in [-0.1, -0.05) is 31.0 Å². The van der Waals surface area contributed by atoms with Gasteiger partial charge < -0.3 is 10.1 Å². The highest BCUT2D eigenvalue weighted by atomic mass is 16.5. The fourth-order valence-corrected chi connectivity index (χ4v) is 3.66. The lowest BCUT2D eigenvalue weighted by Crippen LogP contribution is -2.26. The summed E-state index contributed by atoms with van der Waals surface area (Å²) in [7, 11) is 0. The maximum Gasteiger partial charge on any atom is 0.338 e. The molecule has 1 aliphatic heterocycles. The van der Waals surface area contributed by atoms with Gasteiger partial charge in [0.25, 0.3) is 11.5 Å². The molecule has 1 aliphatic rings. The van der Waals surface area contributed by atoms with E-state index < -0.39 is 18.5 Å². The third-order valence-electron chi connectivity index (χ3n) is 5.19. The van der Waals surface area contributed by atoms with Crippen LogP contribution in [0.5, 0.6) is 0 Å². The Morgan fingerprint density at radius 2 is 1.83 bits per heavy atom. The molecule has 0 saturated heterocycles. The lowest BCUT2D eigenvalue weighted by molar-refractivity contribution is -0.119. The molecule has 0 bridgehead atoms. The number of esters is 1. The molecule has 0 aliphatic carbocycles. The van der Waals surface area contributed by atoms with E-state index in [-0.39, 0.29) is 11.1 Å². The Morgan fingerprint density at radius 3 is 2.67 bits per heavy atom. The zero-order chi connectivity index (χ0) is 20.9. The number of nitrogens with zero attached hydrogens (tertiary/aromatic N) is 2. The van der Waals surface area contributed by atoms with E-state index in [4.69, 9.17) is 4.74 Å². The van der Waals surface area contributed by atoms with Gasteiger partial charge in [-0.3, -0.25) is 14.2 Å². The van der Waals surface area contributed by atoms with E-state index in [0.29, 0.717) is 23.1 Å². The van der Waals surface area contributed by atoms with E-state index in [1.54, 1.807) is 47.0 Å². The van der Waals surface area contributed by atoms with Gasteiger partial charge in [0.05, 0.1) is 16.5 Å². The van der Waals surface area contributed by atoms with Crippen molar-refractivity contribution < 1.29 is 14.3 Å². The van der Waals surface area contributed by atoms with E-state index in [2.05, 4.69) is 10.3 Å². The highest BCUT2D eigenvalue weighted by molar-refractivity contribution is 5.97. The number of rotatable bonds is 4. The zero-order valence-corrected chi connectivity index (χ0v) is 16.6. The van der Waals surface area contributed by atoms with Crippen molar-refractivity contribution >= 4 is 28.5 Å². The van der Waals surface area contributed by atoms with Crippen molar-refractivity contribution in [3.63, 3.8) is 0 Å². The number of aromatic nitrogens is 2. The zero-order valence-electron chi connectivity index (χ0n) is 16.6. The molecule has 0 saturated carbocycles. The number of aryl methyl sites for hydroxylation is 1. The van der Waals surface area contributed by atoms with E-state index >= 15 is 0 Å². The Kier molecular flexibility index (Phi) is 5.88. The molecule has 30 heavy (non-hydrogen) atoms. The Morgan fingerprint density at radius 1 is 1.03 bits per heavy atom. The summed E-state index contributed by atoms with van der Waals surface area (Å²) in [4.78, 5) is 41.9. The minimum absolute atomic E-state index is 0.0703. The van der Waals surface area contributed by atoms with Crippen LogP contribution in [-0.4, -0.2) is 28.0 Å². The Hall–Kier alpha value is -3.48. The minimum atomic E-state index is -0.631. The fourth-order valence-electron chi connectivity index (χ4n) is 3.66. The molecule has 2 aromatic carbocycles. The largest absolute Gasteiger partial charge is 0.452 e. The van der Waals surface area contributed by atoms with Crippen LogP contribution in [0.2, 0.25) is 0 Å². The number of carbonyl (C=O) groups excluding carboxylic acids is 2. The summed E-state index contributed by atoms with van der Waals surface area (Å²) in [6.07, 6.45) is 4.96. The van der Waals surface area contributed by atoms with Crippen LogP contribution in [0.25, 0.3) is 10.9 Å². The van der Waals surface area contributed by atoms with E-state index in [1.807, 2.05) is 6.07 Å². The summed E-state index contributed by atoms with van der Waals surface area (Å²) in [6, 6.07) is 13.7. The first-order chi connectivity index (χ1) is 14.6. The van der Waals surface area contributed by atoms with Crippen LogP contribution < -0.4 is 10.9 Å². The van der Waals surface area contributed by atoms with Crippen LogP contribution in [0.15, 0.2) is 53.3 Å². The third kappa shape index (κ3) is 4.40. The van der Waals surface area contributed by atoms with Gasteiger partial charge in [0.1, 0.15) is 5.82 Å². The van der Waals surface area contributed by atoms with Crippen LogP contribution in [0, 0.1) is 0 Å². The number of hydrogen-bond acceptors (Lipinski definition) is 5. The molecule has 0 fully saturated rings. The summed E-state index contributed by atoms with van der Waals surface area (Å²) >= 11 is 0. The quantitative estimate of drug-likeness (QED) is 0.673. The first kappa shape index (κ1) is 19.8. The van der Waals surface area contributed by atoms with Crippen molar-refractivity contribution in [3.05, 3.63) is 70.3 Å². The van der Waals surface area contributed by atoms with E-state index in [0.717, 1.165) is 37.9 Å². The SMILES string of the molecule is O=C(COC(=O)c1ccc2c(=O)n3c(nc2c1)CCCCCC3)Nc1ccccc1. The Bertz CT molecular complexity index is 1140. The molecule has 0 atom stereocenters. The predicted octanol–water partition coefficient (Wildman–Crippen LogP) is 3.31. The molecule has 4 rings (SSSR count). The molecule has 1 N–H and O–H groups in total. The summed E-state index contributed by atoms with van der Waals surface area (Å²) in [6.45, 7) is 0.281. The topological polar surface area (TPSA) is 90.3 Å². The van der Waals surface area contributed by atoms with Crippen molar-refractivity contribution in [3.8, 4) is 0 Å². The van der Waals surface area contributed by atoms with Crippen LogP contribution in [0.3, 0.4) is 0 Å². The molecule has 0 spiro atoms. The number of benzene rings is 2. The van der Waals surface area contributed by atoms with Gasteiger partial charge in [0.15, 0.2) is 6.61 Å². The molecule has 7 nitrogen and oxygen atoms in total. The fraction of sp³-hybridized carbons (Fsp3) is 0.304. The predicted molar refractivity (Wildman–Crippen MR) is 114 cm³/mol. The molecular weight excluding hydrogens is 382 g/mol. The second kappa shape index (κ2) is 8.90. The van der Waals surface area contributed by atoms with Gasteiger partial charge in [-0.15, -0.1) is 0 Å². The number of fused-ring (bicyclic) bond motifs is 2. The van der Waals surface area contributed by atoms with E-state index in [9.17, 15) is 14.4 Å². The normalized spacial score (nSPS) is 13.7. The maximum absolute atomic E-state index is 12.9. The molecule has 2 heterocycles. The number of amides is 1. The van der Waals surface area contributed by atoms with Crippen molar-refractivity contribution in [2.45, 2.75) is 38.6 Å². The third-order valence-corrected chi connectivity index (χ3v) is 5.19. The summed E-state index contributed by atoms with van der Waals surface area (Å²) in [5, 5.41) is 3.14. The molecule has 3 aromatic rings. The summed E-state index contributed by atoms with van der Waals surface area (Å²) in [5.74, 6) is -0.290. The van der Waals surface area contributed by atoms with Crippen molar-refractivity contribution in [2.75, 3.05) is 11.9 Å². The van der Waals surface area contributed by atoms with Gasteiger partial charge in [0.2, 0.25) is 0 Å². The van der Waals surface area contributed by atoms with Gasteiger partial charge in [-0.25, -0.2) is 9.78 Å². The van der Waals surface area contributed by atoms with Crippen LogP contribution in [0.1, 0.15) is 41.9 Å². The lowest BCUT2D eigenvalue weighted by atomic mass is 10.1. The number of para-hydroxylation sites is 1. The Labute approximate surface area is 173 Å².